The smallest absolute Gasteiger partial charge is 0.338 e. The number of hydrogen-bond donors (Lipinski definition) is 3. The van der Waals surface area contributed by atoms with Crippen LogP contribution < -0.4 is 15.4 Å². The molecule has 0 unspecified atom stereocenters. The SMILES string of the molecule is COc1ccc(NC(=O)CSc2cccc(NC(=O)c3c(Cl)c(Cl)c(Cl)c(Cl)c3C(=O)O)c2)cc1Cl. The number of carboxylic acid groups (broad SMARTS) is 1. The third-order valence-electron chi connectivity index (χ3n) is 4.61. The van der Waals surface area contributed by atoms with Crippen LogP contribution in [0.25, 0.3) is 0 Å². The first-order valence-electron chi connectivity index (χ1n) is 9.80. The van der Waals surface area contributed by atoms with Crippen LogP contribution in [0, 0.1) is 0 Å². The van der Waals surface area contributed by atoms with Gasteiger partial charge in [0.25, 0.3) is 5.91 Å². The maximum atomic E-state index is 12.9. The van der Waals surface area contributed by atoms with Crippen LogP contribution in [-0.2, 0) is 4.79 Å². The number of nitrogens with one attached hydrogen (secondary N) is 2. The van der Waals surface area contributed by atoms with Gasteiger partial charge < -0.3 is 20.5 Å². The Labute approximate surface area is 235 Å². The minimum atomic E-state index is -1.50. The van der Waals surface area contributed by atoms with Crippen LogP contribution in [0.2, 0.25) is 25.1 Å². The van der Waals surface area contributed by atoms with Gasteiger partial charge in [-0.2, -0.15) is 0 Å². The van der Waals surface area contributed by atoms with E-state index >= 15 is 0 Å². The second-order valence-corrected chi connectivity index (χ2v) is 9.95. The van der Waals surface area contributed by atoms with Gasteiger partial charge in [0.1, 0.15) is 5.75 Å². The summed E-state index contributed by atoms with van der Waals surface area (Å²) in [5.74, 6) is -2.08. The number of benzene rings is 3. The van der Waals surface area contributed by atoms with Crippen molar-refractivity contribution in [3.05, 3.63) is 78.7 Å². The highest BCUT2D eigenvalue weighted by Gasteiger charge is 2.29. The molecule has 7 nitrogen and oxygen atoms in total. The van der Waals surface area contributed by atoms with Crippen molar-refractivity contribution >= 4 is 98.9 Å². The molecular weight excluding hydrogens is 594 g/mol. The zero-order valence-electron chi connectivity index (χ0n) is 18.1. The Morgan fingerprint density at radius 2 is 1.50 bits per heavy atom. The Hall–Kier alpha value is -2.33. The molecule has 0 spiro atoms. The molecule has 0 saturated heterocycles. The van der Waals surface area contributed by atoms with Crippen molar-refractivity contribution in [1.82, 2.24) is 0 Å². The lowest BCUT2D eigenvalue weighted by Gasteiger charge is -2.14. The van der Waals surface area contributed by atoms with E-state index < -0.39 is 28.0 Å². The number of methoxy groups -OCH3 is 1. The van der Waals surface area contributed by atoms with Gasteiger partial charge in [0.15, 0.2) is 0 Å². The number of carbonyl (C=O) groups is 3. The van der Waals surface area contributed by atoms with E-state index in [0.717, 1.165) is 0 Å². The lowest BCUT2D eigenvalue weighted by molar-refractivity contribution is -0.113. The average Bonchev–Trinajstić information content (AvgIpc) is 2.83. The highest BCUT2D eigenvalue weighted by atomic mass is 35.5. The Morgan fingerprint density at radius 3 is 2.11 bits per heavy atom. The summed E-state index contributed by atoms with van der Waals surface area (Å²) >= 11 is 31.4. The van der Waals surface area contributed by atoms with Crippen molar-refractivity contribution < 1.29 is 24.2 Å². The van der Waals surface area contributed by atoms with Gasteiger partial charge in [-0.05, 0) is 36.4 Å². The third kappa shape index (κ3) is 6.51. The van der Waals surface area contributed by atoms with E-state index in [1.807, 2.05) is 0 Å². The molecule has 3 aromatic rings. The largest absolute Gasteiger partial charge is 0.495 e. The highest BCUT2D eigenvalue weighted by Crippen LogP contribution is 2.42. The van der Waals surface area contributed by atoms with Gasteiger partial charge in [-0.3, -0.25) is 9.59 Å². The molecule has 0 radical (unpaired) electrons. The molecule has 0 aliphatic rings. The second-order valence-electron chi connectivity index (χ2n) is 6.98. The molecule has 3 rings (SSSR count). The van der Waals surface area contributed by atoms with Crippen LogP contribution in [0.1, 0.15) is 20.7 Å². The van der Waals surface area contributed by atoms with Crippen LogP contribution in [0.15, 0.2) is 47.4 Å². The highest BCUT2D eigenvalue weighted by molar-refractivity contribution is 8.00. The Bertz CT molecular complexity index is 1370. The standard InChI is InChI=1S/C23H15Cl5N2O5S/c1-35-14-6-5-11(8-13(14)24)29-15(31)9-36-12-4-2-3-10(7-12)30-22(32)16-17(23(33)34)19(26)21(28)20(27)18(16)25/h2-8H,9H2,1H3,(H,29,31)(H,30,32)(H,33,34). The van der Waals surface area contributed by atoms with E-state index in [2.05, 4.69) is 10.6 Å². The summed E-state index contributed by atoms with van der Waals surface area (Å²) in [5.41, 5.74) is -0.172. The summed E-state index contributed by atoms with van der Waals surface area (Å²) < 4.78 is 5.08. The Morgan fingerprint density at radius 1 is 0.861 bits per heavy atom. The number of hydrogen-bond acceptors (Lipinski definition) is 5. The average molecular weight is 609 g/mol. The number of anilines is 2. The number of amides is 2. The molecule has 0 aliphatic heterocycles. The number of carboxylic acids is 1. The van der Waals surface area contributed by atoms with E-state index in [-0.39, 0.29) is 26.7 Å². The van der Waals surface area contributed by atoms with Crippen molar-refractivity contribution in [1.29, 1.82) is 0 Å². The van der Waals surface area contributed by atoms with Crippen LogP contribution in [0.4, 0.5) is 11.4 Å². The molecular formula is C23H15Cl5N2O5S. The molecule has 0 heterocycles. The third-order valence-corrected chi connectivity index (χ3v) is 7.70. The molecule has 3 N–H and O–H groups in total. The van der Waals surface area contributed by atoms with Gasteiger partial charge in [0.2, 0.25) is 5.91 Å². The zero-order valence-corrected chi connectivity index (χ0v) is 22.7. The topological polar surface area (TPSA) is 105 Å². The minimum Gasteiger partial charge on any atom is -0.495 e. The van der Waals surface area contributed by atoms with Gasteiger partial charge in [0, 0.05) is 16.3 Å². The summed E-state index contributed by atoms with van der Waals surface area (Å²) in [4.78, 5) is 37.6. The predicted octanol–water partition coefficient (Wildman–Crippen LogP) is 7.64. The molecule has 3 aromatic carbocycles. The lowest BCUT2D eigenvalue weighted by atomic mass is 10.1. The second kappa shape index (κ2) is 12.3. The summed E-state index contributed by atoms with van der Waals surface area (Å²) in [6.07, 6.45) is 0. The van der Waals surface area contributed by atoms with Gasteiger partial charge in [-0.15, -0.1) is 11.8 Å². The van der Waals surface area contributed by atoms with Crippen molar-refractivity contribution in [2.75, 3.05) is 23.5 Å². The van der Waals surface area contributed by atoms with Crippen molar-refractivity contribution in [3.63, 3.8) is 0 Å². The number of ether oxygens (including phenoxy) is 1. The van der Waals surface area contributed by atoms with Crippen LogP contribution in [-0.4, -0.2) is 35.8 Å². The molecule has 0 aliphatic carbocycles. The van der Waals surface area contributed by atoms with Gasteiger partial charge in [-0.25, -0.2) is 4.79 Å². The van der Waals surface area contributed by atoms with Crippen LogP contribution in [0.5, 0.6) is 5.75 Å². The molecule has 0 bridgehead atoms. The maximum Gasteiger partial charge on any atom is 0.338 e. The molecule has 13 heteroatoms. The van der Waals surface area contributed by atoms with Crippen LogP contribution in [0.3, 0.4) is 0 Å². The monoisotopic (exact) mass is 606 g/mol. The van der Waals surface area contributed by atoms with E-state index in [1.165, 1.54) is 18.9 Å². The van der Waals surface area contributed by atoms with Crippen molar-refractivity contribution in [2.24, 2.45) is 0 Å². The van der Waals surface area contributed by atoms with Gasteiger partial charge >= 0.3 is 5.97 Å². The molecule has 2 amide bonds. The molecule has 36 heavy (non-hydrogen) atoms. The molecule has 188 valence electrons. The van der Waals surface area contributed by atoms with Gasteiger partial charge in [-0.1, -0.05) is 64.1 Å². The first-order valence-corrected chi connectivity index (χ1v) is 12.7. The fourth-order valence-electron chi connectivity index (χ4n) is 2.99. The predicted molar refractivity (Wildman–Crippen MR) is 145 cm³/mol. The first-order chi connectivity index (χ1) is 17.0. The zero-order chi connectivity index (χ0) is 26.6. The number of thioether (sulfide) groups is 1. The summed E-state index contributed by atoms with van der Waals surface area (Å²) in [6, 6.07) is 11.5. The van der Waals surface area contributed by atoms with E-state index in [0.29, 0.717) is 27.0 Å². The fourth-order valence-corrected chi connectivity index (χ4v) is 5.03. The number of rotatable bonds is 8. The summed E-state index contributed by atoms with van der Waals surface area (Å²) in [7, 11) is 1.49. The lowest BCUT2D eigenvalue weighted by Crippen LogP contribution is -2.18. The van der Waals surface area contributed by atoms with Gasteiger partial charge in [0.05, 0.1) is 49.1 Å². The molecule has 0 aromatic heterocycles. The summed E-state index contributed by atoms with van der Waals surface area (Å²) in [6.45, 7) is 0. The maximum absolute atomic E-state index is 12.9. The number of halogens is 5. The molecule has 0 saturated carbocycles. The Balaban J connectivity index is 1.72. The minimum absolute atomic E-state index is 0.0679. The number of aromatic carboxylic acids is 1. The van der Waals surface area contributed by atoms with E-state index in [4.69, 9.17) is 62.7 Å². The fraction of sp³-hybridized carbons (Fsp3) is 0.0870. The van der Waals surface area contributed by atoms with E-state index in [9.17, 15) is 19.5 Å². The number of carbonyl (C=O) groups excluding carboxylic acids is 2. The molecule has 0 fully saturated rings. The molecule has 0 atom stereocenters. The van der Waals surface area contributed by atoms with Crippen molar-refractivity contribution in [2.45, 2.75) is 4.90 Å². The van der Waals surface area contributed by atoms with Crippen molar-refractivity contribution in [3.8, 4) is 5.75 Å². The Kier molecular flexibility index (Phi) is 9.63. The quantitative estimate of drug-likeness (QED) is 0.138. The van der Waals surface area contributed by atoms with E-state index in [1.54, 1.807) is 42.5 Å². The summed E-state index contributed by atoms with van der Waals surface area (Å²) in [5, 5.41) is 13.9. The first kappa shape index (κ1) is 28.2. The van der Waals surface area contributed by atoms with Crippen LogP contribution >= 0.6 is 69.8 Å². The normalized spacial score (nSPS) is 10.6.